The fraction of sp³-hybridized carbons (Fsp3) is 0.278. The summed E-state index contributed by atoms with van der Waals surface area (Å²) in [6.45, 7) is 4.39. The second kappa shape index (κ2) is 6.30. The van der Waals surface area contributed by atoms with E-state index in [0.29, 0.717) is 6.54 Å². The van der Waals surface area contributed by atoms with Gasteiger partial charge in [0, 0.05) is 6.20 Å². The molecule has 0 aliphatic rings. The van der Waals surface area contributed by atoms with Crippen molar-refractivity contribution in [3.8, 4) is 22.8 Å². The number of aromatic amines is 1. The molecule has 0 saturated carbocycles. The minimum Gasteiger partial charge on any atom is -0.497 e. The van der Waals surface area contributed by atoms with Gasteiger partial charge in [-0.2, -0.15) is 10.2 Å². The fourth-order valence-corrected chi connectivity index (χ4v) is 3.02. The van der Waals surface area contributed by atoms with Crippen molar-refractivity contribution >= 4 is 11.2 Å². The van der Waals surface area contributed by atoms with Crippen LogP contribution in [0.1, 0.15) is 11.4 Å². The molecule has 0 amide bonds. The van der Waals surface area contributed by atoms with Crippen LogP contribution in [0.4, 0.5) is 0 Å². The van der Waals surface area contributed by atoms with Crippen molar-refractivity contribution in [2.24, 2.45) is 0 Å². The van der Waals surface area contributed by atoms with Crippen LogP contribution in [-0.4, -0.2) is 48.4 Å². The number of rotatable bonds is 5. The van der Waals surface area contributed by atoms with Gasteiger partial charge in [-0.15, -0.1) is 0 Å². The lowest BCUT2D eigenvalue weighted by molar-refractivity contribution is 0.269. The third-order valence-corrected chi connectivity index (χ3v) is 4.34. The number of hydrogen-bond acceptors (Lipinski definition) is 5. The van der Waals surface area contributed by atoms with Crippen LogP contribution in [0.3, 0.4) is 0 Å². The molecule has 0 spiro atoms. The standard InChI is InChI=1S/C18H20N6O2/c1-11-15(10-23(21-11)8-9-25)17-19-16-12(2)22-24(18(16)20-17)13-4-6-14(26-3)7-5-13/h4-7,10,25H,8-9H2,1-3H3,(H,19,20). The van der Waals surface area contributed by atoms with Gasteiger partial charge in [0.25, 0.3) is 0 Å². The number of hydrogen-bond donors (Lipinski definition) is 2. The van der Waals surface area contributed by atoms with Crippen molar-refractivity contribution in [2.45, 2.75) is 20.4 Å². The van der Waals surface area contributed by atoms with Gasteiger partial charge in [-0.3, -0.25) is 4.68 Å². The van der Waals surface area contributed by atoms with Crippen molar-refractivity contribution < 1.29 is 9.84 Å². The lowest BCUT2D eigenvalue weighted by Gasteiger charge is -2.03. The zero-order chi connectivity index (χ0) is 18.3. The van der Waals surface area contributed by atoms with Gasteiger partial charge in [0.15, 0.2) is 5.65 Å². The quantitative estimate of drug-likeness (QED) is 0.574. The molecule has 0 fully saturated rings. The maximum Gasteiger partial charge on any atom is 0.181 e. The smallest absolute Gasteiger partial charge is 0.181 e. The zero-order valence-corrected chi connectivity index (χ0v) is 14.9. The molecule has 2 N–H and O–H groups in total. The van der Waals surface area contributed by atoms with Gasteiger partial charge in [0.05, 0.1) is 42.9 Å². The number of aryl methyl sites for hydroxylation is 2. The SMILES string of the molecule is COc1ccc(-n2nc(C)c3[nH]c(-c4cn(CCO)nc4C)nc32)cc1. The minimum absolute atomic E-state index is 0.0478. The number of nitrogens with zero attached hydrogens (tertiary/aromatic N) is 5. The Hall–Kier alpha value is -3.13. The van der Waals surface area contributed by atoms with Crippen LogP contribution < -0.4 is 4.74 Å². The molecule has 1 aromatic carbocycles. The average Bonchev–Trinajstić information content (AvgIpc) is 3.30. The van der Waals surface area contributed by atoms with E-state index in [2.05, 4.69) is 15.2 Å². The van der Waals surface area contributed by atoms with Crippen molar-refractivity contribution in [1.82, 2.24) is 29.5 Å². The molecule has 0 unspecified atom stereocenters. The normalized spacial score (nSPS) is 11.4. The van der Waals surface area contributed by atoms with Crippen LogP contribution in [0.25, 0.3) is 28.2 Å². The number of aliphatic hydroxyl groups excluding tert-OH is 1. The number of nitrogens with one attached hydrogen (secondary N) is 1. The third kappa shape index (κ3) is 2.64. The van der Waals surface area contributed by atoms with E-state index in [1.54, 1.807) is 11.8 Å². The predicted octanol–water partition coefficient (Wildman–Crippen LogP) is 2.23. The van der Waals surface area contributed by atoms with E-state index in [9.17, 15) is 0 Å². The molecule has 0 radical (unpaired) electrons. The third-order valence-electron chi connectivity index (χ3n) is 4.34. The first kappa shape index (κ1) is 16.3. The van der Waals surface area contributed by atoms with Gasteiger partial charge in [0.2, 0.25) is 0 Å². The van der Waals surface area contributed by atoms with Gasteiger partial charge in [-0.1, -0.05) is 0 Å². The van der Waals surface area contributed by atoms with Crippen LogP contribution >= 0.6 is 0 Å². The second-order valence-corrected chi connectivity index (χ2v) is 6.09. The Labute approximate surface area is 150 Å². The van der Waals surface area contributed by atoms with Crippen molar-refractivity contribution in [3.63, 3.8) is 0 Å². The molecule has 8 heteroatoms. The van der Waals surface area contributed by atoms with E-state index in [1.165, 1.54) is 0 Å². The van der Waals surface area contributed by atoms with Gasteiger partial charge in [-0.25, -0.2) is 9.67 Å². The molecule has 0 bridgehead atoms. The van der Waals surface area contributed by atoms with Crippen molar-refractivity contribution in [2.75, 3.05) is 13.7 Å². The number of imidazole rings is 1. The fourth-order valence-electron chi connectivity index (χ4n) is 3.02. The first-order valence-corrected chi connectivity index (χ1v) is 8.35. The number of aliphatic hydroxyl groups is 1. The van der Waals surface area contributed by atoms with Crippen LogP contribution in [0.2, 0.25) is 0 Å². The highest BCUT2D eigenvalue weighted by atomic mass is 16.5. The minimum atomic E-state index is 0.0478. The summed E-state index contributed by atoms with van der Waals surface area (Å²) in [5.41, 5.74) is 5.21. The van der Waals surface area contributed by atoms with E-state index in [4.69, 9.17) is 14.8 Å². The second-order valence-electron chi connectivity index (χ2n) is 6.09. The van der Waals surface area contributed by atoms with Gasteiger partial charge >= 0.3 is 0 Å². The Morgan fingerprint density at radius 2 is 1.88 bits per heavy atom. The predicted molar refractivity (Wildman–Crippen MR) is 97.5 cm³/mol. The highest BCUT2D eigenvalue weighted by Crippen LogP contribution is 2.26. The molecular weight excluding hydrogens is 332 g/mol. The van der Waals surface area contributed by atoms with E-state index >= 15 is 0 Å². The number of methoxy groups -OCH3 is 1. The Balaban J connectivity index is 1.80. The molecule has 8 nitrogen and oxygen atoms in total. The average molecular weight is 352 g/mol. The summed E-state index contributed by atoms with van der Waals surface area (Å²) in [6, 6.07) is 7.69. The summed E-state index contributed by atoms with van der Waals surface area (Å²) in [4.78, 5) is 8.11. The number of benzene rings is 1. The molecule has 0 atom stereocenters. The first-order chi connectivity index (χ1) is 12.6. The Morgan fingerprint density at radius 1 is 1.12 bits per heavy atom. The van der Waals surface area contributed by atoms with Crippen LogP contribution in [0, 0.1) is 13.8 Å². The lowest BCUT2D eigenvalue weighted by Crippen LogP contribution is -2.02. The first-order valence-electron chi connectivity index (χ1n) is 8.35. The van der Waals surface area contributed by atoms with E-state index < -0.39 is 0 Å². The van der Waals surface area contributed by atoms with Gasteiger partial charge in [0.1, 0.15) is 17.1 Å². The monoisotopic (exact) mass is 352 g/mol. The van der Waals surface area contributed by atoms with Crippen molar-refractivity contribution in [1.29, 1.82) is 0 Å². The Morgan fingerprint density at radius 3 is 2.58 bits per heavy atom. The summed E-state index contributed by atoms with van der Waals surface area (Å²) in [5.74, 6) is 1.54. The lowest BCUT2D eigenvalue weighted by atomic mass is 10.2. The highest BCUT2D eigenvalue weighted by Gasteiger charge is 2.17. The Kier molecular flexibility index (Phi) is 3.96. The summed E-state index contributed by atoms with van der Waals surface area (Å²) in [6.07, 6.45) is 1.89. The number of fused-ring (bicyclic) bond motifs is 1. The molecule has 0 aliphatic heterocycles. The van der Waals surface area contributed by atoms with Crippen LogP contribution in [0.5, 0.6) is 5.75 Å². The maximum absolute atomic E-state index is 9.10. The Bertz CT molecular complexity index is 1060. The summed E-state index contributed by atoms with van der Waals surface area (Å²) in [5, 5.41) is 18.1. The van der Waals surface area contributed by atoms with Crippen LogP contribution in [-0.2, 0) is 6.54 Å². The summed E-state index contributed by atoms with van der Waals surface area (Å²) >= 11 is 0. The topological polar surface area (TPSA) is 93.8 Å². The molecule has 134 valence electrons. The van der Waals surface area contributed by atoms with E-state index in [0.717, 1.165) is 45.4 Å². The number of aromatic nitrogens is 6. The molecule has 4 rings (SSSR count). The molecule has 3 aromatic heterocycles. The van der Waals surface area contributed by atoms with Gasteiger partial charge in [-0.05, 0) is 38.1 Å². The zero-order valence-electron chi connectivity index (χ0n) is 14.9. The molecule has 0 aliphatic carbocycles. The summed E-state index contributed by atoms with van der Waals surface area (Å²) in [7, 11) is 1.64. The molecule has 26 heavy (non-hydrogen) atoms. The largest absolute Gasteiger partial charge is 0.497 e. The summed E-state index contributed by atoms with van der Waals surface area (Å²) < 4.78 is 8.76. The maximum atomic E-state index is 9.10. The molecular formula is C18H20N6O2. The number of H-pyrrole nitrogens is 1. The van der Waals surface area contributed by atoms with Crippen molar-refractivity contribution in [3.05, 3.63) is 41.9 Å². The van der Waals surface area contributed by atoms with Crippen LogP contribution in [0.15, 0.2) is 30.5 Å². The number of ether oxygens (including phenoxy) is 1. The molecule has 0 saturated heterocycles. The van der Waals surface area contributed by atoms with Gasteiger partial charge < -0.3 is 14.8 Å². The highest BCUT2D eigenvalue weighted by molar-refractivity contribution is 5.80. The molecule has 4 aromatic rings. The van der Waals surface area contributed by atoms with E-state index in [-0.39, 0.29) is 6.61 Å². The molecule has 3 heterocycles. The van der Waals surface area contributed by atoms with E-state index in [1.807, 2.05) is 49.0 Å².